The summed E-state index contributed by atoms with van der Waals surface area (Å²) in [6, 6.07) is 11.0. The fourth-order valence-electron chi connectivity index (χ4n) is 2.46. The molecule has 23 heavy (non-hydrogen) atoms. The predicted molar refractivity (Wildman–Crippen MR) is 81.9 cm³/mol. The van der Waals surface area contributed by atoms with Crippen molar-refractivity contribution in [1.82, 2.24) is 0 Å². The van der Waals surface area contributed by atoms with Gasteiger partial charge in [-0.3, -0.25) is 10.1 Å². The quantitative estimate of drug-likeness (QED) is 0.608. The van der Waals surface area contributed by atoms with Gasteiger partial charge in [-0.25, -0.2) is 4.39 Å². The van der Waals surface area contributed by atoms with Crippen LogP contribution < -0.4 is 0 Å². The van der Waals surface area contributed by atoms with Crippen molar-refractivity contribution < 1.29 is 18.8 Å². The Hall–Kier alpha value is -2.02. The second-order valence-electron chi connectivity index (χ2n) is 5.14. The van der Waals surface area contributed by atoms with Gasteiger partial charge in [0.15, 0.2) is 6.29 Å². The van der Waals surface area contributed by atoms with E-state index in [0.29, 0.717) is 21.7 Å². The van der Waals surface area contributed by atoms with Crippen LogP contribution in [0.15, 0.2) is 42.5 Å². The van der Waals surface area contributed by atoms with Crippen LogP contribution in [-0.4, -0.2) is 11.5 Å². The first-order valence-electron chi connectivity index (χ1n) is 6.94. The number of fused-ring (bicyclic) bond motifs is 1. The summed E-state index contributed by atoms with van der Waals surface area (Å²) in [5.74, 6) is 0. The van der Waals surface area contributed by atoms with Crippen LogP contribution in [-0.2, 0) is 16.1 Å². The maximum atomic E-state index is 13.9. The summed E-state index contributed by atoms with van der Waals surface area (Å²) in [7, 11) is 0. The van der Waals surface area contributed by atoms with E-state index < -0.39 is 17.4 Å². The van der Waals surface area contributed by atoms with Crippen LogP contribution in [0, 0.1) is 10.1 Å². The van der Waals surface area contributed by atoms with E-state index in [1.54, 1.807) is 30.3 Å². The van der Waals surface area contributed by atoms with Gasteiger partial charge < -0.3 is 9.47 Å². The predicted octanol–water partition coefficient (Wildman–Crippen LogP) is 4.50. The number of halogens is 2. The second kappa shape index (κ2) is 6.62. The van der Waals surface area contributed by atoms with Gasteiger partial charge in [-0.2, -0.15) is 0 Å². The van der Waals surface area contributed by atoms with E-state index in [4.69, 9.17) is 21.1 Å². The number of alkyl halides is 1. The Kier molecular flexibility index (Phi) is 4.56. The SMILES string of the molecule is O=[N+]([O-])c1cccc(CO[C@@H]2OC[C@@H](F)c3ccc(Cl)cc32)c1. The molecule has 0 saturated carbocycles. The molecule has 2 atom stereocenters. The van der Waals surface area contributed by atoms with Gasteiger partial charge in [-0.1, -0.05) is 29.8 Å². The van der Waals surface area contributed by atoms with Crippen LogP contribution in [0.5, 0.6) is 0 Å². The maximum Gasteiger partial charge on any atom is 0.269 e. The summed E-state index contributed by atoms with van der Waals surface area (Å²) >= 11 is 5.95. The minimum atomic E-state index is -1.22. The third-order valence-corrected chi connectivity index (χ3v) is 3.79. The Balaban J connectivity index is 1.77. The zero-order valence-corrected chi connectivity index (χ0v) is 12.7. The van der Waals surface area contributed by atoms with E-state index in [-0.39, 0.29) is 18.9 Å². The van der Waals surface area contributed by atoms with E-state index in [1.165, 1.54) is 12.1 Å². The number of ether oxygens (including phenoxy) is 2. The van der Waals surface area contributed by atoms with E-state index in [1.807, 2.05) is 0 Å². The minimum Gasteiger partial charge on any atom is -0.345 e. The average Bonchev–Trinajstić information content (AvgIpc) is 2.54. The van der Waals surface area contributed by atoms with Crippen LogP contribution in [0.25, 0.3) is 0 Å². The summed E-state index contributed by atoms with van der Waals surface area (Å²) in [6.45, 7) is 0.00346. The molecule has 2 aromatic carbocycles. The second-order valence-corrected chi connectivity index (χ2v) is 5.58. The monoisotopic (exact) mass is 337 g/mol. The van der Waals surface area contributed by atoms with Crippen LogP contribution >= 0.6 is 11.6 Å². The van der Waals surface area contributed by atoms with Crippen LogP contribution in [0.2, 0.25) is 5.02 Å². The lowest BCUT2D eigenvalue weighted by atomic mass is 10.0. The molecule has 5 nitrogen and oxygen atoms in total. The Morgan fingerprint density at radius 3 is 2.91 bits per heavy atom. The first kappa shape index (κ1) is 15.9. The van der Waals surface area contributed by atoms with Gasteiger partial charge in [0.2, 0.25) is 0 Å². The zero-order valence-electron chi connectivity index (χ0n) is 11.9. The Labute approximate surface area is 136 Å². The molecule has 0 fully saturated rings. The molecule has 0 aliphatic carbocycles. The molecular weight excluding hydrogens is 325 g/mol. The first-order valence-corrected chi connectivity index (χ1v) is 7.32. The number of nitrogens with zero attached hydrogens (tertiary/aromatic N) is 1. The Morgan fingerprint density at radius 2 is 2.13 bits per heavy atom. The molecule has 0 N–H and O–H groups in total. The number of nitro groups is 1. The minimum absolute atomic E-state index is 0.0112. The molecule has 0 bridgehead atoms. The van der Waals surface area contributed by atoms with Crippen molar-refractivity contribution in [3.05, 3.63) is 74.3 Å². The summed E-state index contributed by atoms with van der Waals surface area (Å²) in [4.78, 5) is 10.3. The number of benzene rings is 2. The van der Waals surface area contributed by atoms with Crippen molar-refractivity contribution in [1.29, 1.82) is 0 Å². The van der Waals surface area contributed by atoms with Gasteiger partial charge in [-0.05, 0) is 23.3 Å². The molecule has 0 unspecified atom stereocenters. The fourth-order valence-corrected chi connectivity index (χ4v) is 2.64. The van der Waals surface area contributed by atoms with Crippen molar-refractivity contribution in [2.75, 3.05) is 6.61 Å². The number of nitro benzene ring substituents is 1. The smallest absolute Gasteiger partial charge is 0.269 e. The number of non-ortho nitro benzene ring substituents is 1. The van der Waals surface area contributed by atoms with Crippen molar-refractivity contribution in [2.24, 2.45) is 0 Å². The first-order chi connectivity index (χ1) is 11.0. The highest BCUT2D eigenvalue weighted by Gasteiger charge is 2.28. The molecule has 7 heteroatoms. The molecule has 3 rings (SSSR count). The summed E-state index contributed by atoms with van der Waals surface area (Å²) < 4.78 is 24.9. The molecule has 2 aromatic rings. The highest BCUT2D eigenvalue weighted by atomic mass is 35.5. The van der Waals surface area contributed by atoms with Crippen LogP contribution in [0.3, 0.4) is 0 Å². The van der Waals surface area contributed by atoms with Gasteiger partial charge in [0, 0.05) is 22.7 Å². The largest absolute Gasteiger partial charge is 0.345 e. The van der Waals surface area contributed by atoms with Gasteiger partial charge >= 0.3 is 0 Å². The highest BCUT2D eigenvalue weighted by Crippen LogP contribution is 2.37. The van der Waals surface area contributed by atoms with Gasteiger partial charge in [0.1, 0.15) is 6.17 Å². The van der Waals surface area contributed by atoms with E-state index in [2.05, 4.69) is 0 Å². The van der Waals surface area contributed by atoms with E-state index in [9.17, 15) is 14.5 Å². The topological polar surface area (TPSA) is 61.6 Å². The molecule has 0 aromatic heterocycles. The molecule has 120 valence electrons. The average molecular weight is 338 g/mol. The molecular formula is C16H13ClFNO4. The van der Waals surface area contributed by atoms with Crippen molar-refractivity contribution in [3.63, 3.8) is 0 Å². The van der Waals surface area contributed by atoms with Crippen molar-refractivity contribution in [3.8, 4) is 0 Å². The summed E-state index contributed by atoms with van der Waals surface area (Å²) in [6.07, 6.45) is -1.98. The van der Waals surface area contributed by atoms with E-state index in [0.717, 1.165) is 0 Å². The lowest BCUT2D eigenvalue weighted by Crippen LogP contribution is -2.21. The standard InChI is InChI=1S/C16H13ClFNO4/c17-11-4-5-13-14(7-11)16(23-9-15(13)18)22-8-10-2-1-3-12(6-10)19(20)21/h1-7,15-16H,8-9H2/t15-,16-/m1/s1. The van der Waals surface area contributed by atoms with Crippen LogP contribution in [0.4, 0.5) is 10.1 Å². The molecule has 1 aliphatic rings. The van der Waals surface area contributed by atoms with Gasteiger partial charge in [0.05, 0.1) is 18.1 Å². The van der Waals surface area contributed by atoms with Gasteiger partial charge in [0.25, 0.3) is 5.69 Å². The molecule has 0 radical (unpaired) electrons. The third-order valence-electron chi connectivity index (χ3n) is 3.56. The summed E-state index contributed by atoms with van der Waals surface area (Å²) in [5, 5.41) is 11.2. The summed E-state index contributed by atoms with van der Waals surface area (Å²) in [5.41, 5.74) is 1.66. The lowest BCUT2D eigenvalue weighted by Gasteiger charge is -2.28. The van der Waals surface area contributed by atoms with Crippen molar-refractivity contribution in [2.45, 2.75) is 19.1 Å². The molecule has 0 saturated heterocycles. The molecule has 1 aliphatic heterocycles. The number of hydrogen-bond donors (Lipinski definition) is 0. The highest BCUT2D eigenvalue weighted by molar-refractivity contribution is 6.30. The maximum absolute atomic E-state index is 13.9. The number of hydrogen-bond acceptors (Lipinski definition) is 4. The lowest BCUT2D eigenvalue weighted by molar-refractivity contribution is -0.385. The zero-order chi connectivity index (χ0) is 16.4. The van der Waals surface area contributed by atoms with E-state index >= 15 is 0 Å². The molecule has 0 amide bonds. The van der Waals surface area contributed by atoms with Gasteiger partial charge in [-0.15, -0.1) is 0 Å². The number of rotatable bonds is 4. The van der Waals surface area contributed by atoms with Crippen LogP contribution in [0.1, 0.15) is 29.2 Å². The molecule has 0 spiro atoms. The Morgan fingerprint density at radius 1 is 1.30 bits per heavy atom. The Bertz CT molecular complexity index is 740. The van der Waals surface area contributed by atoms with Crippen molar-refractivity contribution >= 4 is 17.3 Å². The third kappa shape index (κ3) is 3.50. The fraction of sp³-hybridized carbons (Fsp3) is 0.250. The normalized spacial score (nSPS) is 20.1. The molecule has 1 heterocycles.